The first kappa shape index (κ1) is 29.0. The van der Waals surface area contributed by atoms with E-state index in [0.717, 1.165) is 27.1 Å². The molecule has 5 atom stereocenters. The Labute approximate surface area is 245 Å². The van der Waals surface area contributed by atoms with Gasteiger partial charge in [0.25, 0.3) is 0 Å². The minimum Gasteiger partial charge on any atom is -0.479 e. The molecule has 1 N–H and O–H groups in total. The van der Waals surface area contributed by atoms with Gasteiger partial charge in [-0.2, -0.15) is 0 Å². The maximum Gasteiger partial charge on any atom is 0.335 e. The summed E-state index contributed by atoms with van der Waals surface area (Å²) in [4.78, 5) is 13.6. The van der Waals surface area contributed by atoms with Gasteiger partial charge in [-0.05, 0) is 35.7 Å². The third-order valence-electron chi connectivity index (χ3n) is 6.87. The second-order valence-corrected chi connectivity index (χ2v) is 11.1. The Kier molecular flexibility index (Phi) is 10.2. The fourth-order valence-electron chi connectivity index (χ4n) is 4.70. The lowest BCUT2D eigenvalue weighted by Gasteiger charge is -2.44. The van der Waals surface area contributed by atoms with Gasteiger partial charge >= 0.3 is 5.97 Å². The van der Waals surface area contributed by atoms with E-state index in [9.17, 15) is 9.90 Å². The van der Waals surface area contributed by atoms with Crippen LogP contribution in [-0.4, -0.2) is 40.9 Å². The minimum absolute atomic E-state index is 0.213. The smallest absolute Gasteiger partial charge is 0.335 e. The normalized spacial score (nSPS) is 22.3. The average molecular weight is 571 g/mol. The van der Waals surface area contributed by atoms with Crippen LogP contribution in [0.15, 0.2) is 120 Å². The van der Waals surface area contributed by atoms with Gasteiger partial charge in [-0.15, -0.1) is 0 Å². The maximum atomic E-state index is 12.6. The second-order valence-electron chi connectivity index (χ2n) is 9.98. The first-order valence-corrected chi connectivity index (χ1v) is 14.5. The van der Waals surface area contributed by atoms with E-state index in [1.807, 2.05) is 122 Å². The van der Waals surface area contributed by atoms with E-state index in [1.54, 1.807) is 0 Å². The molecule has 1 heterocycles. The van der Waals surface area contributed by atoms with Gasteiger partial charge in [0, 0.05) is 4.90 Å². The maximum absolute atomic E-state index is 12.6. The van der Waals surface area contributed by atoms with Crippen molar-refractivity contribution in [1.29, 1.82) is 0 Å². The molecule has 212 valence electrons. The molecule has 1 aliphatic rings. The molecule has 1 fully saturated rings. The highest BCUT2D eigenvalue weighted by atomic mass is 32.2. The fraction of sp³-hybridized carbons (Fsp3) is 0.265. The van der Waals surface area contributed by atoms with E-state index < -0.39 is 35.8 Å². The molecule has 5 rings (SSSR count). The summed E-state index contributed by atoms with van der Waals surface area (Å²) in [5, 5.41) is 10.3. The van der Waals surface area contributed by atoms with Crippen LogP contribution in [0.2, 0.25) is 0 Å². The van der Waals surface area contributed by atoms with E-state index in [-0.39, 0.29) is 13.2 Å². The minimum atomic E-state index is -1.25. The highest BCUT2D eigenvalue weighted by Crippen LogP contribution is 2.38. The van der Waals surface area contributed by atoms with Crippen LogP contribution >= 0.6 is 11.8 Å². The van der Waals surface area contributed by atoms with Crippen LogP contribution in [0.3, 0.4) is 0 Å². The van der Waals surface area contributed by atoms with Crippen molar-refractivity contribution < 1.29 is 28.8 Å². The molecule has 0 bridgehead atoms. The molecular formula is C34H34O6S. The molecule has 1 saturated heterocycles. The summed E-state index contributed by atoms with van der Waals surface area (Å²) in [5.41, 5.74) is 3.38. The van der Waals surface area contributed by atoms with Crippen LogP contribution in [0, 0.1) is 6.92 Å². The van der Waals surface area contributed by atoms with Crippen molar-refractivity contribution in [3.8, 4) is 0 Å². The quantitative estimate of drug-likeness (QED) is 0.204. The summed E-state index contributed by atoms with van der Waals surface area (Å²) in [7, 11) is 0. The zero-order valence-corrected chi connectivity index (χ0v) is 23.7. The topological polar surface area (TPSA) is 74.2 Å². The van der Waals surface area contributed by atoms with Crippen molar-refractivity contribution in [2.24, 2.45) is 0 Å². The number of hydrogen-bond acceptors (Lipinski definition) is 6. The molecule has 6 nitrogen and oxygen atoms in total. The molecule has 1 aliphatic heterocycles. The van der Waals surface area contributed by atoms with Crippen molar-refractivity contribution in [2.45, 2.75) is 61.5 Å². The lowest BCUT2D eigenvalue weighted by atomic mass is 9.98. The number of rotatable bonds is 12. The Balaban J connectivity index is 1.47. The van der Waals surface area contributed by atoms with Crippen molar-refractivity contribution in [3.63, 3.8) is 0 Å². The first-order valence-electron chi connectivity index (χ1n) is 13.6. The van der Waals surface area contributed by atoms with Crippen molar-refractivity contribution in [1.82, 2.24) is 0 Å². The predicted molar refractivity (Wildman–Crippen MR) is 158 cm³/mol. The highest BCUT2D eigenvalue weighted by Gasteiger charge is 2.51. The highest BCUT2D eigenvalue weighted by molar-refractivity contribution is 7.99. The largest absolute Gasteiger partial charge is 0.479 e. The standard InChI is InChI=1S/C34H34O6S/c1-24-17-19-28(20-18-24)41-34-32(39-23-27-15-9-4-10-16-27)30(38-22-26-13-7-3-8-14-26)29(31(40-34)33(35)36)37-21-25-11-5-2-6-12-25/h2-20,29-32,34H,21-23H2,1H3,(H,35,36)/t29-,30-,31-,32+,34-/m0/s1. The van der Waals surface area contributed by atoms with Crippen LogP contribution in [0.4, 0.5) is 0 Å². The molecule has 0 spiro atoms. The van der Waals surface area contributed by atoms with Gasteiger partial charge in [0.05, 0.1) is 19.8 Å². The van der Waals surface area contributed by atoms with Gasteiger partial charge in [-0.25, -0.2) is 4.79 Å². The number of benzene rings is 4. The Morgan fingerprint density at radius 2 is 1.10 bits per heavy atom. The number of thioether (sulfide) groups is 1. The summed E-state index contributed by atoms with van der Waals surface area (Å²) in [6.45, 7) is 2.83. The van der Waals surface area contributed by atoms with Gasteiger partial charge in [-0.1, -0.05) is 120 Å². The third kappa shape index (κ3) is 8.06. The van der Waals surface area contributed by atoms with Gasteiger partial charge in [0.15, 0.2) is 6.10 Å². The molecule has 0 aromatic heterocycles. The molecule has 41 heavy (non-hydrogen) atoms. The van der Waals surface area contributed by atoms with Crippen LogP contribution < -0.4 is 0 Å². The van der Waals surface area contributed by atoms with Gasteiger partial charge < -0.3 is 24.1 Å². The zero-order chi connectivity index (χ0) is 28.4. The Hall–Kier alpha value is -3.46. The van der Waals surface area contributed by atoms with Crippen LogP contribution in [-0.2, 0) is 43.6 Å². The van der Waals surface area contributed by atoms with Gasteiger partial charge in [-0.3, -0.25) is 0 Å². The van der Waals surface area contributed by atoms with Crippen LogP contribution in [0.5, 0.6) is 0 Å². The number of aliphatic carboxylic acids is 1. The van der Waals surface area contributed by atoms with Crippen molar-refractivity contribution in [2.75, 3.05) is 0 Å². The molecular weight excluding hydrogens is 536 g/mol. The zero-order valence-electron chi connectivity index (χ0n) is 22.9. The first-order chi connectivity index (χ1) is 20.1. The molecule has 4 aromatic carbocycles. The van der Waals surface area contributed by atoms with E-state index in [4.69, 9.17) is 18.9 Å². The number of carboxylic acids is 1. The summed E-state index contributed by atoms with van der Waals surface area (Å²) in [6.07, 6.45) is -3.51. The molecule has 0 amide bonds. The van der Waals surface area contributed by atoms with E-state index >= 15 is 0 Å². The van der Waals surface area contributed by atoms with Crippen LogP contribution in [0.25, 0.3) is 0 Å². The molecule has 0 radical (unpaired) electrons. The molecule has 0 aliphatic carbocycles. The van der Waals surface area contributed by atoms with E-state index in [2.05, 4.69) is 0 Å². The molecule has 4 aromatic rings. The summed E-state index contributed by atoms with van der Waals surface area (Å²) in [5.74, 6) is -1.10. The van der Waals surface area contributed by atoms with E-state index in [1.165, 1.54) is 11.8 Å². The number of carboxylic acid groups (broad SMARTS) is 1. The Morgan fingerprint density at radius 1 is 0.659 bits per heavy atom. The second kappa shape index (κ2) is 14.4. The third-order valence-corrected chi connectivity index (χ3v) is 8.02. The number of carbonyl (C=O) groups is 1. The predicted octanol–water partition coefficient (Wildman–Crippen LogP) is 6.65. The molecule has 0 unspecified atom stereocenters. The van der Waals surface area contributed by atoms with Crippen molar-refractivity contribution in [3.05, 3.63) is 138 Å². The lowest BCUT2D eigenvalue weighted by molar-refractivity contribution is -0.248. The monoisotopic (exact) mass is 570 g/mol. The lowest BCUT2D eigenvalue weighted by Crippen LogP contribution is -2.61. The van der Waals surface area contributed by atoms with E-state index in [0.29, 0.717) is 6.61 Å². The Bertz CT molecular complexity index is 1350. The Morgan fingerprint density at radius 3 is 1.56 bits per heavy atom. The molecule has 0 saturated carbocycles. The van der Waals surface area contributed by atoms with Crippen LogP contribution in [0.1, 0.15) is 22.3 Å². The summed E-state index contributed by atoms with van der Waals surface area (Å²) < 4.78 is 25.7. The number of ether oxygens (including phenoxy) is 4. The average Bonchev–Trinajstić information content (AvgIpc) is 3.01. The summed E-state index contributed by atoms with van der Waals surface area (Å²) in [6, 6.07) is 37.4. The number of aryl methyl sites for hydroxylation is 1. The number of hydrogen-bond donors (Lipinski definition) is 1. The molecule has 7 heteroatoms. The SMILES string of the molecule is Cc1ccc(S[C@@H]2O[C@H](C(=O)O)[C@@H](OCc3ccccc3)[C@H](OCc3ccccc3)[C@H]2OCc2ccccc2)cc1. The van der Waals surface area contributed by atoms with Gasteiger partial charge in [0.1, 0.15) is 23.7 Å². The fourth-order valence-corrected chi connectivity index (χ4v) is 5.81. The van der Waals surface area contributed by atoms with Crippen molar-refractivity contribution >= 4 is 17.7 Å². The van der Waals surface area contributed by atoms with Gasteiger partial charge in [0.2, 0.25) is 0 Å². The summed E-state index contributed by atoms with van der Waals surface area (Å²) >= 11 is 1.43.